The van der Waals surface area contributed by atoms with Gasteiger partial charge in [-0.1, -0.05) is 6.07 Å². The minimum atomic E-state index is -0.403. The van der Waals surface area contributed by atoms with E-state index in [-0.39, 0.29) is 23.9 Å². The number of benzene rings is 1. The van der Waals surface area contributed by atoms with Crippen molar-refractivity contribution in [3.05, 3.63) is 83.1 Å². The van der Waals surface area contributed by atoms with Gasteiger partial charge < -0.3 is 9.80 Å². The number of amides is 3. The molecule has 166 valence electrons. The Morgan fingerprint density at radius 1 is 0.909 bits per heavy atom. The van der Waals surface area contributed by atoms with E-state index in [9.17, 15) is 14.4 Å². The smallest absolute Gasteiger partial charge is 0.261 e. The minimum Gasteiger partial charge on any atom is -0.353 e. The van der Waals surface area contributed by atoms with E-state index < -0.39 is 5.91 Å². The summed E-state index contributed by atoms with van der Waals surface area (Å²) in [5.74, 6) is -0.0726. The van der Waals surface area contributed by atoms with E-state index >= 15 is 0 Å². The molecule has 0 unspecified atom stereocenters. The Morgan fingerprint density at radius 3 is 2.42 bits per heavy atom. The van der Waals surface area contributed by atoms with Crippen LogP contribution in [0.25, 0.3) is 0 Å². The summed E-state index contributed by atoms with van der Waals surface area (Å²) in [5, 5.41) is 0. The maximum absolute atomic E-state index is 13.1. The average molecular weight is 442 g/mol. The summed E-state index contributed by atoms with van der Waals surface area (Å²) >= 11 is 0. The zero-order valence-electron chi connectivity index (χ0n) is 18.1. The Bertz CT molecular complexity index is 1240. The quantitative estimate of drug-likeness (QED) is 0.569. The number of hydrogen-bond acceptors (Lipinski definition) is 7. The largest absolute Gasteiger partial charge is 0.353 e. The number of imide groups is 1. The lowest BCUT2D eigenvalue weighted by Gasteiger charge is -2.35. The van der Waals surface area contributed by atoms with Gasteiger partial charge in [0.25, 0.3) is 17.7 Å². The molecule has 9 nitrogen and oxygen atoms in total. The summed E-state index contributed by atoms with van der Waals surface area (Å²) in [6.45, 7) is 4.41. The Balaban J connectivity index is 1.29. The van der Waals surface area contributed by atoms with Crippen LogP contribution in [0.3, 0.4) is 0 Å². The second-order valence-corrected chi connectivity index (χ2v) is 8.07. The monoisotopic (exact) mass is 442 g/mol. The van der Waals surface area contributed by atoms with Crippen LogP contribution in [-0.4, -0.2) is 68.7 Å². The number of pyridine rings is 1. The molecule has 0 atom stereocenters. The first-order valence-electron chi connectivity index (χ1n) is 10.7. The predicted molar refractivity (Wildman–Crippen MR) is 120 cm³/mol. The van der Waals surface area contributed by atoms with Crippen LogP contribution in [0.2, 0.25) is 0 Å². The standard InChI is InChI=1S/C24H22N6O3/c1-16-12-21(27-15-26-16)28-8-10-29(11-9-28)22(31)17-5-6-19-20(13-17)24(33)30(23(19)32)14-18-4-2-3-7-25-18/h2-7,12-13,15H,8-11,14H2,1H3. The van der Waals surface area contributed by atoms with Crippen LogP contribution in [-0.2, 0) is 6.54 Å². The first-order valence-corrected chi connectivity index (χ1v) is 10.7. The van der Waals surface area contributed by atoms with Crippen molar-refractivity contribution in [1.82, 2.24) is 24.8 Å². The van der Waals surface area contributed by atoms with Gasteiger partial charge in [0.2, 0.25) is 0 Å². The number of aromatic nitrogens is 3. The number of anilines is 1. The summed E-state index contributed by atoms with van der Waals surface area (Å²) in [4.78, 5) is 56.5. The van der Waals surface area contributed by atoms with E-state index in [4.69, 9.17) is 0 Å². The van der Waals surface area contributed by atoms with Crippen LogP contribution in [0.1, 0.15) is 42.5 Å². The summed E-state index contributed by atoms with van der Waals surface area (Å²) in [5.41, 5.74) is 2.50. The van der Waals surface area contributed by atoms with Gasteiger partial charge in [-0.2, -0.15) is 0 Å². The lowest BCUT2D eigenvalue weighted by Crippen LogP contribution is -2.49. The van der Waals surface area contributed by atoms with Gasteiger partial charge in [-0.25, -0.2) is 9.97 Å². The molecule has 2 aliphatic heterocycles. The molecule has 4 heterocycles. The molecule has 9 heteroatoms. The maximum atomic E-state index is 13.1. The van der Waals surface area contributed by atoms with Gasteiger partial charge in [0.15, 0.2) is 0 Å². The number of hydrogen-bond donors (Lipinski definition) is 0. The minimum absolute atomic E-state index is 0.0982. The van der Waals surface area contributed by atoms with Crippen molar-refractivity contribution in [2.45, 2.75) is 13.5 Å². The van der Waals surface area contributed by atoms with E-state index in [1.807, 2.05) is 19.1 Å². The van der Waals surface area contributed by atoms with Gasteiger partial charge in [0.05, 0.1) is 23.4 Å². The molecule has 0 N–H and O–H groups in total. The van der Waals surface area contributed by atoms with Gasteiger partial charge >= 0.3 is 0 Å². The molecule has 5 rings (SSSR count). The van der Waals surface area contributed by atoms with Crippen molar-refractivity contribution in [2.75, 3.05) is 31.1 Å². The van der Waals surface area contributed by atoms with Gasteiger partial charge in [-0.3, -0.25) is 24.3 Å². The number of carbonyl (C=O) groups is 3. The predicted octanol–water partition coefficient (Wildman–Crippen LogP) is 1.94. The average Bonchev–Trinajstić information content (AvgIpc) is 3.08. The summed E-state index contributed by atoms with van der Waals surface area (Å²) in [6, 6.07) is 12.0. The second kappa shape index (κ2) is 8.42. The van der Waals surface area contributed by atoms with Crippen molar-refractivity contribution in [3.8, 4) is 0 Å². The third kappa shape index (κ3) is 3.93. The molecule has 0 saturated carbocycles. The van der Waals surface area contributed by atoms with Crippen LogP contribution >= 0.6 is 0 Å². The number of fused-ring (bicyclic) bond motifs is 1. The zero-order chi connectivity index (χ0) is 22.9. The van der Waals surface area contributed by atoms with E-state index in [0.717, 1.165) is 11.5 Å². The topological polar surface area (TPSA) is 99.6 Å². The van der Waals surface area contributed by atoms with Crippen molar-refractivity contribution < 1.29 is 14.4 Å². The van der Waals surface area contributed by atoms with E-state index in [2.05, 4.69) is 19.9 Å². The fourth-order valence-electron chi connectivity index (χ4n) is 4.16. The molecule has 0 radical (unpaired) electrons. The molecular formula is C24H22N6O3. The van der Waals surface area contributed by atoms with Crippen LogP contribution in [0, 0.1) is 6.92 Å². The summed E-state index contributed by atoms with van der Waals surface area (Å²) in [7, 11) is 0. The molecule has 0 bridgehead atoms. The molecule has 33 heavy (non-hydrogen) atoms. The van der Waals surface area contributed by atoms with E-state index in [0.29, 0.717) is 43.0 Å². The number of piperazine rings is 1. The summed E-state index contributed by atoms with van der Waals surface area (Å²) in [6.07, 6.45) is 3.16. The third-order valence-corrected chi connectivity index (χ3v) is 5.94. The molecule has 2 aliphatic rings. The lowest BCUT2D eigenvalue weighted by atomic mass is 10.0. The normalized spacial score (nSPS) is 15.7. The highest BCUT2D eigenvalue weighted by atomic mass is 16.2. The van der Waals surface area contributed by atoms with Gasteiger partial charge in [-0.05, 0) is 37.3 Å². The van der Waals surface area contributed by atoms with Gasteiger partial charge in [0, 0.05) is 49.7 Å². The number of aryl methyl sites for hydroxylation is 1. The first kappa shape index (κ1) is 20.7. The summed E-state index contributed by atoms with van der Waals surface area (Å²) < 4.78 is 0. The highest BCUT2D eigenvalue weighted by Crippen LogP contribution is 2.26. The van der Waals surface area contributed by atoms with Crippen LogP contribution in [0.15, 0.2) is 55.0 Å². The van der Waals surface area contributed by atoms with Crippen molar-refractivity contribution in [3.63, 3.8) is 0 Å². The highest BCUT2D eigenvalue weighted by Gasteiger charge is 2.36. The van der Waals surface area contributed by atoms with Crippen LogP contribution in [0.4, 0.5) is 5.82 Å². The van der Waals surface area contributed by atoms with Crippen LogP contribution < -0.4 is 4.90 Å². The SMILES string of the molecule is Cc1cc(N2CCN(C(=O)c3ccc4c(c3)C(=O)N(Cc3ccccn3)C4=O)CC2)ncn1. The molecular weight excluding hydrogens is 420 g/mol. The van der Waals surface area contributed by atoms with Crippen molar-refractivity contribution in [1.29, 1.82) is 0 Å². The van der Waals surface area contributed by atoms with Crippen molar-refractivity contribution in [2.24, 2.45) is 0 Å². The highest BCUT2D eigenvalue weighted by molar-refractivity contribution is 6.22. The van der Waals surface area contributed by atoms with E-state index in [1.54, 1.807) is 41.7 Å². The number of nitrogens with zero attached hydrogens (tertiary/aromatic N) is 6. The van der Waals surface area contributed by atoms with E-state index in [1.165, 1.54) is 11.0 Å². The number of rotatable bonds is 4. The zero-order valence-corrected chi connectivity index (χ0v) is 18.1. The lowest BCUT2D eigenvalue weighted by molar-refractivity contribution is 0.0640. The fourth-order valence-corrected chi connectivity index (χ4v) is 4.16. The second-order valence-electron chi connectivity index (χ2n) is 8.07. The first-order chi connectivity index (χ1) is 16.0. The molecule has 0 aliphatic carbocycles. The number of carbonyl (C=O) groups excluding carboxylic acids is 3. The molecule has 1 saturated heterocycles. The van der Waals surface area contributed by atoms with Gasteiger partial charge in [-0.15, -0.1) is 0 Å². The van der Waals surface area contributed by atoms with Crippen LogP contribution in [0.5, 0.6) is 0 Å². The Morgan fingerprint density at radius 2 is 1.70 bits per heavy atom. The van der Waals surface area contributed by atoms with Crippen molar-refractivity contribution >= 4 is 23.5 Å². The maximum Gasteiger partial charge on any atom is 0.261 e. The molecule has 0 spiro atoms. The third-order valence-electron chi connectivity index (χ3n) is 5.94. The molecule has 3 amide bonds. The van der Waals surface area contributed by atoms with Gasteiger partial charge in [0.1, 0.15) is 12.1 Å². The molecule has 1 aromatic carbocycles. The Hall–Kier alpha value is -4.14. The Kier molecular flexibility index (Phi) is 5.29. The molecule has 3 aromatic rings. The molecule has 1 fully saturated rings. The molecule has 2 aromatic heterocycles. The fraction of sp³-hybridized carbons (Fsp3) is 0.250. The Labute approximate surface area is 190 Å².